The van der Waals surface area contributed by atoms with Crippen LogP contribution in [-0.4, -0.2) is 45.1 Å². The molecule has 2 aliphatic rings. The van der Waals surface area contributed by atoms with E-state index in [1.807, 2.05) is 66.6 Å². The lowest BCUT2D eigenvalue weighted by atomic mass is 10.1. The van der Waals surface area contributed by atoms with Crippen molar-refractivity contribution in [3.63, 3.8) is 0 Å². The van der Waals surface area contributed by atoms with E-state index in [0.29, 0.717) is 4.32 Å². The summed E-state index contributed by atoms with van der Waals surface area (Å²) in [5.41, 5.74) is 2.46. The lowest BCUT2D eigenvalue weighted by Gasteiger charge is -2.37. The summed E-state index contributed by atoms with van der Waals surface area (Å²) in [6.45, 7) is 2.03. The molecule has 2 saturated heterocycles. The van der Waals surface area contributed by atoms with E-state index in [-0.39, 0.29) is 34.5 Å². The number of amides is 2. The first-order valence-electron chi connectivity index (χ1n) is 9.63. The van der Waals surface area contributed by atoms with Crippen molar-refractivity contribution in [1.29, 1.82) is 0 Å². The van der Waals surface area contributed by atoms with Gasteiger partial charge in [-0.2, -0.15) is 0 Å². The van der Waals surface area contributed by atoms with Crippen molar-refractivity contribution in [2.75, 3.05) is 22.2 Å². The summed E-state index contributed by atoms with van der Waals surface area (Å²) in [5, 5.41) is 9.00. The van der Waals surface area contributed by atoms with Gasteiger partial charge in [0.25, 0.3) is 0 Å². The van der Waals surface area contributed by atoms with E-state index in [0.717, 1.165) is 21.8 Å². The van der Waals surface area contributed by atoms with E-state index in [1.165, 1.54) is 23.5 Å². The molecular formula is C21H22N4O2S4. The molecule has 2 fully saturated rings. The lowest BCUT2D eigenvalue weighted by Crippen LogP contribution is -2.64. The number of aryl methyl sites for hydroxylation is 1. The number of para-hydroxylation sites is 1. The van der Waals surface area contributed by atoms with Crippen molar-refractivity contribution in [2.45, 2.75) is 28.7 Å². The van der Waals surface area contributed by atoms with Crippen molar-refractivity contribution in [2.24, 2.45) is 0 Å². The van der Waals surface area contributed by atoms with Gasteiger partial charge in [0.1, 0.15) is 21.2 Å². The maximum absolute atomic E-state index is 12.7. The number of benzene rings is 2. The van der Waals surface area contributed by atoms with Crippen LogP contribution in [0.25, 0.3) is 0 Å². The number of fused-ring (bicyclic) bond motifs is 1. The van der Waals surface area contributed by atoms with Crippen LogP contribution < -0.4 is 20.9 Å². The monoisotopic (exact) mass is 490 g/mol. The molecule has 3 N–H and O–H groups in total. The van der Waals surface area contributed by atoms with Crippen molar-refractivity contribution in [3.05, 3.63) is 54.1 Å². The van der Waals surface area contributed by atoms with Crippen LogP contribution >= 0.6 is 47.5 Å². The van der Waals surface area contributed by atoms with Crippen LogP contribution in [0.4, 0.5) is 11.4 Å². The summed E-state index contributed by atoms with van der Waals surface area (Å²) in [6.07, 6.45) is 1.74. The van der Waals surface area contributed by atoms with Gasteiger partial charge in [-0.3, -0.25) is 14.9 Å². The molecule has 0 aliphatic carbocycles. The number of thiocarbonyl (C=S) groups is 1. The minimum Gasteiger partial charge on any atom is -0.331 e. The Balaban J connectivity index is 1.40. The molecule has 6 nitrogen and oxygen atoms in total. The van der Waals surface area contributed by atoms with E-state index in [1.54, 1.807) is 11.8 Å². The van der Waals surface area contributed by atoms with Gasteiger partial charge in [0.15, 0.2) is 0 Å². The van der Waals surface area contributed by atoms with Crippen molar-refractivity contribution in [3.8, 4) is 0 Å². The van der Waals surface area contributed by atoms with E-state index in [9.17, 15) is 9.59 Å². The summed E-state index contributed by atoms with van der Waals surface area (Å²) in [5.74, 6) is 0.0205. The Morgan fingerprint density at radius 1 is 1.26 bits per heavy atom. The average Bonchev–Trinajstić information content (AvgIpc) is 3.09. The second kappa shape index (κ2) is 9.83. The van der Waals surface area contributed by atoms with Gasteiger partial charge >= 0.3 is 0 Å². The normalized spacial score (nSPS) is 22.8. The molecule has 0 bridgehead atoms. The second-order valence-corrected chi connectivity index (χ2v) is 10.8. The number of carbonyl (C=O) groups is 2. The zero-order chi connectivity index (χ0) is 22.0. The minimum atomic E-state index is -0.384. The molecule has 31 heavy (non-hydrogen) atoms. The maximum Gasteiger partial charge on any atom is 0.238 e. The first-order valence-corrected chi connectivity index (χ1v) is 13.2. The third-order valence-corrected chi connectivity index (χ3v) is 8.30. The highest BCUT2D eigenvalue weighted by Crippen LogP contribution is 2.38. The second-order valence-electron chi connectivity index (χ2n) is 7.05. The van der Waals surface area contributed by atoms with Crippen LogP contribution in [0.3, 0.4) is 0 Å². The van der Waals surface area contributed by atoms with Crippen molar-refractivity contribution < 1.29 is 9.59 Å². The Bertz CT molecular complexity index is 1020. The van der Waals surface area contributed by atoms with Crippen LogP contribution in [0.2, 0.25) is 0 Å². The summed E-state index contributed by atoms with van der Waals surface area (Å²) in [4.78, 5) is 28.3. The van der Waals surface area contributed by atoms with Gasteiger partial charge in [0.05, 0.1) is 5.75 Å². The summed E-state index contributed by atoms with van der Waals surface area (Å²) in [6, 6.07) is 15.7. The fourth-order valence-corrected chi connectivity index (χ4v) is 6.33. The number of rotatable bonds is 6. The molecule has 3 atom stereocenters. The molecule has 0 spiro atoms. The number of hydrogen-bond donors (Lipinski definition) is 3. The van der Waals surface area contributed by atoms with E-state index < -0.39 is 0 Å². The fourth-order valence-electron chi connectivity index (χ4n) is 3.47. The Kier molecular flexibility index (Phi) is 7.12. The Morgan fingerprint density at radius 3 is 2.84 bits per heavy atom. The Labute approximate surface area is 199 Å². The summed E-state index contributed by atoms with van der Waals surface area (Å²) < 4.78 is 0.670. The third kappa shape index (κ3) is 5.04. The maximum atomic E-state index is 12.7. The highest BCUT2D eigenvalue weighted by Gasteiger charge is 2.48. The van der Waals surface area contributed by atoms with Crippen LogP contribution in [0.1, 0.15) is 5.56 Å². The SMILES string of the molecule is CSc1cccc(NC(=O)CSC2NC(=O)C3SC(=S)N(c4ccccc4C)C3N2)c1. The highest BCUT2D eigenvalue weighted by molar-refractivity contribution is 8.24. The fraction of sp³-hybridized carbons (Fsp3) is 0.286. The van der Waals surface area contributed by atoms with Gasteiger partial charge in [-0.05, 0) is 43.0 Å². The molecule has 3 unspecified atom stereocenters. The molecule has 0 radical (unpaired) electrons. The average molecular weight is 491 g/mol. The van der Waals surface area contributed by atoms with Gasteiger partial charge in [-0.25, -0.2) is 0 Å². The molecule has 2 heterocycles. The first-order chi connectivity index (χ1) is 15.0. The summed E-state index contributed by atoms with van der Waals surface area (Å²) >= 11 is 9.95. The van der Waals surface area contributed by atoms with E-state index >= 15 is 0 Å². The number of anilines is 2. The van der Waals surface area contributed by atoms with Crippen molar-refractivity contribution in [1.82, 2.24) is 10.6 Å². The molecule has 0 aromatic heterocycles. The molecule has 2 amide bonds. The van der Waals surface area contributed by atoms with E-state index in [4.69, 9.17) is 12.2 Å². The van der Waals surface area contributed by atoms with Crippen LogP contribution in [0.15, 0.2) is 53.4 Å². The first kappa shape index (κ1) is 22.5. The number of thioether (sulfide) groups is 3. The quantitative estimate of drug-likeness (QED) is 0.419. The topological polar surface area (TPSA) is 73.5 Å². The standard InChI is InChI=1S/C21H22N4O2S4/c1-12-6-3-4-9-15(12)25-18-17(31-21(25)28)19(27)24-20(23-18)30-11-16(26)22-13-7-5-8-14(10-13)29-2/h3-10,17-18,20,23H,11H2,1-2H3,(H,22,26)(H,24,27). The molecule has 2 aromatic carbocycles. The molecule has 162 valence electrons. The number of nitrogens with one attached hydrogen (secondary N) is 3. The molecule has 2 aliphatic heterocycles. The molecular weight excluding hydrogens is 469 g/mol. The highest BCUT2D eigenvalue weighted by atomic mass is 32.2. The van der Waals surface area contributed by atoms with Crippen LogP contribution in [-0.2, 0) is 9.59 Å². The lowest BCUT2D eigenvalue weighted by molar-refractivity contribution is -0.122. The predicted molar refractivity (Wildman–Crippen MR) is 136 cm³/mol. The zero-order valence-electron chi connectivity index (χ0n) is 17.0. The Morgan fingerprint density at radius 2 is 2.06 bits per heavy atom. The molecule has 2 aromatic rings. The van der Waals surface area contributed by atoms with Crippen molar-refractivity contribution >= 4 is 75.0 Å². The van der Waals surface area contributed by atoms with Crippen LogP contribution in [0, 0.1) is 6.92 Å². The zero-order valence-corrected chi connectivity index (χ0v) is 20.2. The molecule has 0 saturated carbocycles. The van der Waals surface area contributed by atoms with Gasteiger partial charge in [-0.15, -0.1) is 23.5 Å². The summed E-state index contributed by atoms with van der Waals surface area (Å²) in [7, 11) is 0. The smallest absolute Gasteiger partial charge is 0.238 e. The van der Waals surface area contributed by atoms with Gasteiger partial charge in [0.2, 0.25) is 11.8 Å². The van der Waals surface area contributed by atoms with Gasteiger partial charge < -0.3 is 15.5 Å². The van der Waals surface area contributed by atoms with Gasteiger partial charge in [-0.1, -0.05) is 48.2 Å². The van der Waals surface area contributed by atoms with E-state index in [2.05, 4.69) is 16.0 Å². The molecule has 4 rings (SSSR count). The Hall–Kier alpha value is -1.72. The van der Waals surface area contributed by atoms with Gasteiger partial charge in [0, 0.05) is 16.3 Å². The minimum absolute atomic E-state index is 0.0715. The number of carbonyl (C=O) groups excluding carboxylic acids is 2. The predicted octanol–water partition coefficient (Wildman–Crippen LogP) is 3.62. The largest absolute Gasteiger partial charge is 0.331 e. The number of hydrogen-bond acceptors (Lipinski definition) is 7. The number of nitrogens with zero attached hydrogens (tertiary/aromatic N) is 1. The van der Waals surface area contributed by atoms with Crippen LogP contribution in [0.5, 0.6) is 0 Å². The molecule has 10 heteroatoms. The third-order valence-electron chi connectivity index (χ3n) is 4.95.